The third-order valence-electron chi connectivity index (χ3n) is 2.51. The van der Waals surface area contributed by atoms with Crippen LogP contribution in [0, 0.1) is 6.92 Å². The lowest BCUT2D eigenvalue weighted by Gasteiger charge is -1.95. The highest BCUT2D eigenvalue weighted by molar-refractivity contribution is 5.58. The van der Waals surface area contributed by atoms with E-state index < -0.39 is 0 Å². The van der Waals surface area contributed by atoms with E-state index in [2.05, 4.69) is 9.97 Å². The molecular formula is C13H11N3. The molecule has 0 fully saturated rings. The van der Waals surface area contributed by atoms with Gasteiger partial charge in [-0.25, -0.2) is 4.98 Å². The van der Waals surface area contributed by atoms with E-state index in [0.717, 1.165) is 22.7 Å². The fraction of sp³-hybridized carbons (Fsp3) is 0.0769. The van der Waals surface area contributed by atoms with Crippen LogP contribution in [0.5, 0.6) is 0 Å². The molecule has 3 aromatic rings. The van der Waals surface area contributed by atoms with Crippen molar-refractivity contribution < 1.29 is 0 Å². The third kappa shape index (κ3) is 1.46. The fourth-order valence-corrected chi connectivity index (χ4v) is 1.74. The summed E-state index contributed by atoms with van der Waals surface area (Å²) in [6.07, 6.45) is 3.98. The van der Waals surface area contributed by atoms with Crippen LogP contribution in [0.4, 0.5) is 0 Å². The Kier molecular flexibility index (Phi) is 1.96. The van der Waals surface area contributed by atoms with Crippen LogP contribution in [0.25, 0.3) is 17.0 Å². The van der Waals surface area contributed by atoms with Gasteiger partial charge in [0.25, 0.3) is 0 Å². The molecule has 0 radical (unpaired) electrons. The van der Waals surface area contributed by atoms with Crippen molar-refractivity contribution in [2.75, 3.05) is 0 Å². The Morgan fingerprint density at radius 2 is 1.88 bits per heavy atom. The molecular weight excluding hydrogens is 198 g/mol. The molecule has 3 rings (SSSR count). The second-order valence-corrected chi connectivity index (χ2v) is 3.76. The number of hydrogen-bond acceptors (Lipinski definition) is 2. The molecule has 0 saturated carbocycles. The van der Waals surface area contributed by atoms with Crippen molar-refractivity contribution in [2.45, 2.75) is 6.92 Å². The minimum Gasteiger partial charge on any atom is -0.306 e. The van der Waals surface area contributed by atoms with Crippen LogP contribution in [-0.4, -0.2) is 14.4 Å². The van der Waals surface area contributed by atoms with E-state index in [-0.39, 0.29) is 0 Å². The summed E-state index contributed by atoms with van der Waals surface area (Å²) in [7, 11) is 0. The first kappa shape index (κ1) is 9.09. The van der Waals surface area contributed by atoms with Crippen LogP contribution in [0.1, 0.15) is 5.69 Å². The Hall–Kier alpha value is -2.16. The van der Waals surface area contributed by atoms with Crippen LogP contribution in [0.15, 0.2) is 48.8 Å². The lowest BCUT2D eigenvalue weighted by molar-refractivity contribution is 1.18. The van der Waals surface area contributed by atoms with Gasteiger partial charge in [0.15, 0.2) is 0 Å². The second-order valence-electron chi connectivity index (χ2n) is 3.76. The molecule has 3 heteroatoms. The van der Waals surface area contributed by atoms with Crippen molar-refractivity contribution >= 4 is 5.65 Å². The number of pyridine rings is 2. The summed E-state index contributed by atoms with van der Waals surface area (Å²) in [6.45, 7) is 1.99. The van der Waals surface area contributed by atoms with Gasteiger partial charge in [-0.3, -0.25) is 4.98 Å². The van der Waals surface area contributed by atoms with E-state index in [1.54, 1.807) is 0 Å². The van der Waals surface area contributed by atoms with Gasteiger partial charge in [-0.15, -0.1) is 0 Å². The number of hydrogen-bond donors (Lipinski definition) is 0. The van der Waals surface area contributed by atoms with E-state index >= 15 is 0 Å². The van der Waals surface area contributed by atoms with Gasteiger partial charge in [-0.1, -0.05) is 12.1 Å². The first-order chi connectivity index (χ1) is 7.83. The Balaban J connectivity index is 2.19. The van der Waals surface area contributed by atoms with Crippen molar-refractivity contribution in [2.24, 2.45) is 0 Å². The van der Waals surface area contributed by atoms with Gasteiger partial charge in [-0.05, 0) is 31.2 Å². The Morgan fingerprint density at radius 3 is 2.69 bits per heavy atom. The van der Waals surface area contributed by atoms with Gasteiger partial charge in [0.2, 0.25) is 0 Å². The van der Waals surface area contributed by atoms with Gasteiger partial charge in [0.05, 0.1) is 5.69 Å². The van der Waals surface area contributed by atoms with Crippen molar-refractivity contribution in [1.82, 2.24) is 14.4 Å². The topological polar surface area (TPSA) is 30.2 Å². The molecule has 0 bridgehead atoms. The van der Waals surface area contributed by atoms with Crippen molar-refractivity contribution in [1.29, 1.82) is 0 Å². The van der Waals surface area contributed by atoms with Crippen molar-refractivity contribution in [3.63, 3.8) is 0 Å². The maximum Gasteiger partial charge on any atom is 0.137 e. The molecule has 0 N–H and O–H groups in total. The number of aromatic nitrogens is 3. The minimum absolute atomic E-state index is 0.912. The summed E-state index contributed by atoms with van der Waals surface area (Å²) in [5.74, 6) is 0. The summed E-state index contributed by atoms with van der Waals surface area (Å²) >= 11 is 0. The van der Waals surface area contributed by atoms with E-state index in [9.17, 15) is 0 Å². The van der Waals surface area contributed by atoms with E-state index in [1.807, 2.05) is 60.1 Å². The van der Waals surface area contributed by atoms with Gasteiger partial charge in [0, 0.05) is 18.1 Å². The molecule has 0 spiro atoms. The Morgan fingerprint density at radius 1 is 0.938 bits per heavy atom. The number of fused-ring (bicyclic) bond motifs is 1. The van der Waals surface area contributed by atoms with Gasteiger partial charge in [0.1, 0.15) is 11.3 Å². The molecule has 0 atom stereocenters. The molecule has 0 aliphatic rings. The van der Waals surface area contributed by atoms with E-state index in [4.69, 9.17) is 0 Å². The Bertz CT molecular complexity index is 607. The quantitative estimate of drug-likeness (QED) is 0.616. The molecule has 16 heavy (non-hydrogen) atoms. The monoisotopic (exact) mass is 209 g/mol. The highest BCUT2D eigenvalue weighted by atomic mass is 15.0. The molecule has 3 nitrogen and oxygen atoms in total. The lowest BCUT2D eigenvalue weighted by Crippen LogP contribution is -1.85. The number of nitrogens with zero attached hydrogens (tertiary/aromatic N) is 3. The van der Waals surface area contributed by atoms with Crippen LogP contribution >= 0.6 is 0 Å². The zero-order chi connectivity index (χ0) is 11.0. The summed E-state index contributed by atoms with van der Waals surface area (Å²) in [6, 6.07) is 11.9. The largest absolute Gasteiger partial charge is 0.306 e. The zero-order valence-electron chi connectivity index (χ0n) is 8.96. The minimum atomic E-state index is 0.912. The molecule has 0 aromatic carbocycles. The first-order valence-electron chi connectivity index (χ1n) is 5.21. The van der Waals surface area contributed by atoms with Gasteiger partial charge >= 0.3 is 0 Å². The zero-order valence-corrected chi connectivity index (χ0v) is 8.96. The molecule has 0 amide bonds. The molecule has 3 aromatic heterocycles. The highest BCUT2D eigenvalue weighted by Crippen LogP contribution is 2.16. The molecule has 0 aliphatic heterocycles. The van der Waals surface area contributed by atoms with Crippen LogP contribution in [0.2, 0.25) is 0 Å². The average molecular weight is 209 g/mol. The molecule has 3 heterocycles. The number of imidazole rings is 1. The number of aryl methyl sites for hydroxylation is 1. The summed E-state index contributed by atoms with van der Waals surface area (Å²) < 4.78 is 2.00. The van der Waals surface area contributed by atoms with Crippen molar-refractivity contribution in [3.05, 3.63) is 54.5 Å². The molecule has 0 saturated heterocycles. The van der Waals surface area contributed by atoms with Gasteiger partial charge < -0.3 is 4.40 Å². The Labute approximate surface area is 93.4 Å². The number of rotatable bonds is 1. The fourth-order valence-electron chi connectivity index (χ4n) is 1.74. The first-order valence-corrected chi connectivity index (χ1v) is 5.21. The summed E-state index contributed by atoms with van der Waals surface area (Å²) in [4.78, 5) is 8.99. The van der Waals surface area contributed by atoms with Crippen LogP contribution < -0.4 is 0 Å². The maximum absolute atomic E-state index is 4.52. The van der Waals surface area contributed by atoms with Gasteiger partial charge in [-0.2, -0.15) is 0 Å². The average Bonchev–Trinajstić information content (AvgIpc) is 2.72. The summed E-state index contributed by atoms with van der Waals surface area (Å²) in [5, 5.41) is 0. The SMILES string of the molecule is Cc1cccc(-c2cn3ccccc3n2)n1. The molecule has 0 aliphatic carbocycles. The molecule has 78 valence electrons. The summed E-state index contributed by atoms with van der Waals surface area (Å²) in [5.41, 5.74) is 3.79. The van der Waals surface area contributed by atoms with E-state index in [1.165, 1.54) is 0 Å². The van der Waals surface area contributed by atoms with Crippen molar-refractivity contribution in [3.8, 4) is 11.4 Å². The molecule has 0 unspecified atom stereocenters. The van der Waals surface area contributed by atoms with Crippen LogP contribution in [0.3, 0.4) is 0 Å². The lowest BCUT2D eigenvalue weighted by atomic mass is 10.2. The maximum atomic E-state index is 4.52. The van der Waals surface area contributed by atoms with E-state index in [0.29, 0.717) is 0 Å². The predicted octanol–water partition coefficient (Wildman–Crippen LogP) is 2.70. The standard InChI is InChI=1S/C13H11N3/c1-10-5-4-6-11(14-10)12-9-16-8-3-2-7-13(16)15-12/h2-9H,1H3. The second kappa shape index (κ2) is 3.45. The predicted molar refractivity (Wildman–Crippen MR) is 63.2 cm³/mol. The smallest absolute Gasteiger partial charge is 0.137 e. The third-order valence-corrected chi connectivity index (χ3v) is 2.51. The normalized spacial score (nSPS) is 10.8. The highest BCUT2D eigenvalue weighted by Gasteiger charge is 2.04. The van der Waals surface area contributed by atoms with Crippen LogP contribution in [-0.2, 0) is 0 Å².